The van der Waals surface area contributed by atoms with E-state index in [2.05, 4.69) is 0 Å². The van der Waals surface area contributed by atoms with Crippen molar-refractivity contribution in [1.82, 2.24) is 0 Å². The summed E-state index contributed by atoms with van der Waals surface area (Å²) in [6.45, 7) is 1.35. The second-order valence-corrected chi connectivity index (χ2v) is 1.57. The zero-order chi connectivity index (χ0) is 7.28. The Labute approximate surface area is 53.6 Å². The second-order valence-electron chi connectivity index (χ2n) is 1.57. The maximum absolute atomic E-state index is 10.0. The van der Waals surface area contributed by atoms with E-state index < -0.39 is 5.97 Å². The lowest BCUT2D eigenvalue weighted by molar-refractivity contribution is -0.132. The van der Waals surface area contributed by atoms with E-state index in [1.807, 2.05) is 0 Å². The van der Waals surface area contributed by atoms with E-state index in [1.165, 1.54) is 19.4 Å². The summed E-state index contributed by atoms with van der Waals surface area (Å²) in [5.74, 6) is -0.959. The summed E-state index contributed by atoms with van der Waals surface area (Å²) in [4.78, 5) is 10.0. The highest BCUT2D eigenvalue weighted by atomic mass is 16.4. The van der Waals surface area contributed by atoms with Crippen molar-refractivity contribution in [3.05, 3.63) is 18.1 Å². The molecule has 0 atom stereocenters. The SMILES string of the molecule is CC(=C[CH]CO)C(=O)O. The van der Waals surface area contributed by atoms with Crippen LogP contribution in [0, 0.1) is 6.42 Å². The third-order valence-electron chi connectivity index (χ3n) is 0.811. The van der Waals surface area contributed by atoms with Crippen LogP contribution in [0.4, 0.5) is 0 Å². The minimum Gasteiger partial charge on any atom is -0.478 e. The number of aliphatic carboxylic acids is 1. The van der Waals surface area contributed by atoms with Crippen LogP contribution in [-0.2, 0) is 4.79 Å². The van der Waals surface area contributed by atoms with Crippen LogP contribution in [0.5, 0.6) is 0 Å². The van der Waals surface area contributed by atoms with Gasteiger partial charge in [0.05, 0.1) is 6.61 Å². The van der Waals surface area contributed by atoms with Crippen molar-refractivity contribution < 1.29 is 15.0 Å². The molecule has 0 aromatic carbocycles. The molecule has 0 fully saturated rings. The van der Waals surface area contributed by atoms with Gasteiger partial charge in [0.1, 0.15) is 0 Å². The fraction of sp³-hybridized carbons (Fsp3) is 0.333. The molecule has 0 aromatic rings. The molecule has 0 amide bonds. The van der Waals surface area contributed by atoms with Gasteiger partial charge >= 0.3 is 5.97 Å². The summed E-state index contributed by atoms with van der Waals surface area (Å²) in [6, 6.07) is 0. The van der Waals surface area contributed by atoms with Gasteiger partial charge in [-0.1, -0.05) is 6.08 Å². The Balaban J connectivity index is 3.69. The summed E-state index contributed by atoms with van der Waals surface area (Å²) in [5, 5.41) is 16.4. The van der Waals surface area contributed by atoms with E-state index in [4.69, 9.17) is 10.2 Å². The number of carbonyl (C=O) groups is 1. The normalized spacial score (nSPS) is 11.6. The van der Waals surface area contributed by atoms with E-state index in [1.54, 1.807) is 0 Å². The number of carboxylic acids is 1. The Morgan fingerprint density at radius 3 is 2.56 bits per heavy atom. The molecule has 0 spiro atoms. The first-order valence-corrected chi connectivity index (χ1v) is 2.52. The predicted octanol–water partition coefficient (Wildman–Crippen LogP) is 0.214. The lowest BCUT2D eigenvalue weighted by Gasteiger charge is -1.89. The first-order valence-electron chi connectivity index (χ1n) is 2.52. The van der Waals surface area contributed by atoms with Crippen molar-refractivity contribution in [2.75, 3.05) is 6.61 Å². The van der Waals surface area contributed by atoms with Gasteiger partial charge in [-0.05, 0) is 6.92 Å². The first-order chi connectivity index (χ1) is 4.18. The van der Waals surface area contributed by atoms with Gasteiger partial charge in [-0.2, -0.15) is 0 Å². The number of hydrogen-bond acceptors (Lipinski definition) is 2. The summed E-state index contributed by atoms with van der Waals surface area (Å²) >= 11 is 0. The maximum atomic E-state index is 10.0. The average molecular weight is 129 g/mol. The van der Waals surface area contributed by atoms with Crippen molar-refractivity contribution in [2.24, 2.45) is 0 Å². The summed E-state index contributed by atoms with van der Waals surface area (Å²) in [7, 11) is 0. The number of rotatable bonds is 3. The van der Waals surface area contributed by atoms with Crippen LogP contribution < -0.4 is 0 Å². The summed E-state index contributed by atoms with van der Waals surface area (Å²) in [5.41, 5.74) is 0.226. The van der Waals surface area contributed by atoms with Crippen molar-refractivity contribution in [1.29, 1.82) is 0 Å². The standard InChI is InChI=1S/C6H9O3/c1-5(6(8)9)3-2-4-7/h2-3,7H,4H2,1H3,(H,8,9). The van der Waals surface area contributed by atoms with Crippen LogP contribution in [0.2, 0.25) is 0 Å². The molecule has 3 heteroatoms. The predicted molar refractivity (Wildman–Crippen MR) is 32.8 cm³/mol. The van der Waals surface area contributed by atoms with E-state index in [0.717, 1.165) is 0 Å². The molecule has 0 saturated heterocycles. The maximum Gasteiger partial charge on any atom is 0.330 e. The highest BCUT2D eigenvalue weighted by molar-refractivity contribution is 5.85. The highest BCUT2D eigenvalue weighted by Gasteiger charge is 1.96. The summed E-state index contributed by atoms with van der Waals surface area (Å²) < 4.78 is 0. The smallest absolute Gasteiger partial charge is 0.330 e. The number of aliphatic hydroxyl groups is 1. The van der Waals surface area contributed by atoms with Crippen LogP contribution in [0.1, 0.15) is 6.92 Å². The van der Waals surface area contributed by atoms with Crippen molar-refractivity contribution in [2.45, 2.75) is 6.92 Å². The molecule has 0 saturated carbocycles. The lowest BCUT2D eigenvalue weighted by atomic mass is 10.2. The summed E-state index contributed by atoms with van der Waals surface area (Å²) in [6.07, 6.45) is 2.74. The molecule has 51 valence electrons. The molecular formula is C6H9O3. The van der Waals surface area contributed by atoms with E-state index in [0.29, 0.717) is 0 Å². The lowest BCUT2D eigenvalue weighted by Crippen LogP contribution is -1.96. The fourth-order valence-corrected chi connectivity index (χ4v) is 0.301. The molecule has 0 unspecified atom stereocenters. The Bertz CT molecular complexity index is 126. The Morgan fingerprint density at radius 1 is 1.67 bits per heavy atom. The van der Waals surface area contributed by atoms with Crippen LogP contribution in [-0.4, -0.2) is 22.8 Å². The molecule has 0 aromatic heterocycles. The molecule has 0 aliphatic carbocycles. The Kier molecular flexibility index (Phi) is 3.71. The van der Waals surface area contributed by atoms with Gasteiger partial charge < -0.3 is 10.2 Å². The van der Waals surface area contributed by atoms with Crippen molar-refractivity contribution in [3.63, 3.8) is 0 Å². The van der Waals surface area contributed by atoms with Crippen LogP contribution in [0.3, 0.4) is 0 Å². The largest absolute Gasteiger partial charge is 0.478 e. The van der Waals surface area contributed by atoms with Gasteiger partial charge in [0, 0.05) is 12.0 Å². The fourth-order valence-electron chi connectivity index (χ4n) is 0.301. The quantitative estimate of drug-likeness (QED) is 0.536. The zero-order valence-electron chi connectivity index (χ0n) is 5.16. The van der Waals surface area contributed by atoms with Crippen LogP contribution in [0.15, 0.2) is 11.6 Å². The molecule has 0 aliphatic heterocycles. The number of aliphatic hydroxyl groups excluding tert-OH is 1. The van der Waals surface area contributed by atoms with Gasteiger partial charge in [0.15, 0.2) is 0 Å². The Hall–Kier alpha value is -0.830. The molecule has 0 rings (SSSR count). The number of hydrogen-bond donors (Lipinski definition) is 2. The monoisotopic (exact) mass is 129 g/mol. The minimum absolute atomic E-state index is 0.120. The molecular weight excluding hydrogens is 120 g/mol. The van der Waals surface area contributed by atoms with E-state index >= 15 is 0 Å². The van der Waals surface area contributed by atoms with E-state index in [9.17, 15) is 4.79 Å². The van der Waals surface area contributed by atoms with Gasteiger partial charge in [0.25, 0.3) is 0 Å². The van der Waals surface area contributed by atoms with Gasteiger partial charge in [-0.25, -0.2) is 4.79 Å². The van der Waals surface area contributed by atoms with Crippen LogP contribution in [0.25, 0.3) is 0 Å². The van der Waals surface area contributed by atoms with Crippen molar-refractivity contribution in [3.8, 4) is 0 Å². The zero-order valence-corrected chi connectivity index (χ0v) is 5.16. The molecule has 9 heavy (non-hydrogen) atoms. The third-order valence-corrected chi connectivity index (χ3v) is 0.811. The van der Waals surface area contributed by atoms with Crippen LogP contribution >= 0.6 is 0 Å². The van der Waals surface area contributed by atoms with Gasteiger partial charge in [0.2, 0.25) is 0 Å². The van der Waals surface area contributed by atoms with Crippen molar-refractivity contribution >= 4 is 5.97 Å². The van der Waals surface area contributed by atoms with Gasteiger partial charge in [-0.3, -0.25) is 0 Å². The third kappa shape index (κ3) is 3.73. The first kappa shape index (κ1) is 8.17. The topological polar surface area (TPSA) is 57.5 Å². The minimum atomic E-state index is -0.959. The number of carboxylic acid groups (broad SMARTS) is 1. The Morgan fingerprint density at radius 2 is 2.22 bits per heavy atom. The molecule has 0 heterocycles. The van der Waals surface area contributed by atoms with Gasteiger partial charge in [-0.15, -0.1) is 0 Å². The second kappa shape index (κ2) is 4.09. The molecule has 0 bridgehead atoms. The average Bonchev–Trinajstić information content (AvgIpc) is 1.82. The van der Waals surface area contributed by atoms with E-state index in [-0.39, 0.29) is 12.2 Å². The molecule has 3 nitrogen and oxygen atoms in total. The molecule has 1 radical (unpaired) electrons. The highest BCUT2D eigenvalue weighted by Crippen LogP contribution is 1.92. The molecule has 2 N–H and O–H groups in total. The molecule has 0 aliphatic rings.